The number of hydrogen-bond acceptors (Lipinski definition) is 4. The van der Waals surface area contributed by atoms with Crippen LogP contribution in [0, 0.1) is 12.8 Å². The van der Waals surface area contributed by atoms with Crippen molar-refractivity contribution in [2.45, 2.75) is 79.1 Å². The number of nitrogens with zero attached hydrogens (tertiary/aromatic N) is 1. The third-order valence-corrected chi connectivity index (χ3v) is 6.19. The summed E-state index contributed by atoms with van der Waals surface area (Å²) in [5.74, 6) is -1.10. The third-order valence-electron chi connectivity index (χ3n) is 5.87. The zero-order valence-electron chi connectivity index (χ0n) is 23.6. The molecule has 2 unspecified atom stereocenters. The Kier molecular flexibility index (Phi) is 10.5. The first kappa shape index (κ1) is 30.9. The van der Waals surface area contributed by atoms with E-state index in [1.54, 1.807) is 45.0 Å². The number of carbonyl (C=O) groups excluding carboxylic acids is 3. The van der Waals surface area contributed by atoms with E-state index in [1.165, 1.54) is 4.90 Å². The maximum Gasteiger partial charge on any atom is 0.408 e. The highest BCUT2D eigenvalue weighted by molar-refractivity contribution is 6.34. The summed E-state index contributed by atoms with van der Waals surface area (Å²) in [4.78, 5) is 42.2. The lowest BCUT2D eigenvalue weighted by molar-refractivity contribution is -0.143. The van der Waals surface area contributed by atoms with E-state index in [4.69, 9.17) is 16.3 Å². The summed E-state index contributed by atoms with van der Waals surface area (Å²) < 4.78 is 5.41. The first-order chi connectivity index (χ1) is 17.7. The number of carbonyl (C=O) groups is 3. The van der Waals surface area contributed by atoms with Crippen molar-refractivity contribution in [1.82, 2.24) is 10.2 Å². The number of rotatable bonds is 9. The van der Waals surface area contributed by atoms with Crippen LogP contribution in [0.25, 0.3) is 6.08 Å². The topological polar surface area (TPSA) is 87.7 Å². The molecule has 206 valence electrons. The molecule has 2 atom stereocenters. The molecule has 0 fully saturated rings. The standard InChI is InChI=1S/C30H40ClN3O4/c1-10-21-14-12-15-22(17-21)26(27(35)32-25-20(6)13-11-16-23(25)31)34(19(4)5)28(36)24(18(2)3)33-29(37)38-30(7,8)9/h10-19,24,26H,1H2,2-9H3,(H,32,35)(H,33,37). The van der Waals surface area contributed by atoms with Crippen molar-refractivity contribution in [3.8, 4) is 0 Å². The molecule has 2 N–H and O–H groups in total. The molecule has 8 heteroatoms. The maximum absolute atomic E-state index is 14.1. The Labute approximate surface area is 231 Å². The van der Waals surface area contributed by atoms with Gasteiger partial charge in [-0.1, -0.05) is 68.4 Å². The van der Waals surface area contributed by atoms with Gasteiger partial charge in [-0.25, -0.2) is 4.79 Å². The van der Waals surface area contributed by atoms with E-state index in [9.17, 15) is 14.4 Å². The number of anilines is 1. The number of alkyl carbamates (subject to hydrolysis) is 1. The fourth-order valence-electron chi connectivity index (χ4n) is 4.06. The van der Waals surface area contributed by atoms with Crippen LogP contribution in [0.3, 0.4) is 0 Å². The largest absolute Gasteiger partial charge is 0.444 e. The van der Waals surface area contributed by atoms with E-state index in [1.807, 2.05) is 58.9 Å². The molecule has 0 heterocycles. The van der Waals surface area contributed by atoms with E-state index >= 15 is 0 Å². The van der Waals surface area contributed by atoms with Crippen LogP contribution in [0.5, 0.6) is 0 Å². The number of ether oxygens (including phenoxy) is 1. The van der Waals surface area contributed by atoms with Crippen molar-refractivity contribution >= 4 is 41.3 Å². The van der Waals surface area contributed by atoms with E-state index in [2.05, 4.69) is 17.2 Å². The predicted octanol–water partition coefficient (Wildman–Crippen LogP) is 6.76. The molecule has 3 amide bonds. The number of para-hydroxylation sites is 1. The molecule has 0 radical (unpaired) electrons. The van der Waals surface area contributed by atoms with E-state index in [0.717, 1.165) is 11.1 Å². The summed E-state index contributed by atoms with van der Waals surface area (Å²) in [5.41, 5.74) is 1.95. The Morgan fingerprint density at radius 3 is 2.21 bits per heavy atom. The summed E-state index contributed by atoms with van der Waals surface area (Å²) in [6.07, 6.45) is 0.980. The SMILES string of the molecule is C=Cc1cccc(C(C(=O)Nc2c(C)cccc2Cl)N(C(=O)C(NC(=O)OC(C)(C)C)C(C)C)C(C)C)c1. The zero-order valence-corrected chi connectivity index (χ0v) is 24.3. The van der Waals surface area contributed by atoms with Crippen LogP contribution in [0.1, 0.15) is 71.2 Å². The molecule has 0 aromatic heterocycles. The number of aryl methyl sites for hydroxylation is 1. The Morgan fingerprint density at radius 2 is 1.68 bits per heavy atom. The molecule has 0 saturated heterocycles. The number of nitrogens with one attached hydrogen (secondary N) is 2. The fourth-order valence-corrected chi connectivity index (χ4v) is 4.33. The van der Waals surface area contributed by atoms with Crippen molar-refractivity contribution in [2.75, 3.05) is 5.32 Å². The van der Waals surface area contributed by atoms with Crippen LogP contribution in [0.4, 0.5) is 10.5 Å². The average molecular weight is 542 g/mol. The number of amides is 3. The van der Waals surface area contributed by atoms with Gasteiger partial charge in [0.2, 0.25) is 5.91 Å². The Bertz CT molecular complexity index is 1150. The van der Waals surface area contributed by atoms with Gasteiger partial charge in [0.25, 0.3) is 5.91 Å². The molecule has 2 aromatic rings. The van der Waals surface area contributed by atoms with Crippen LogP contribution in [0.2, 0.25) is 5.02 Å². The minimum atomic E-state index is -1.01. The zero-order chi connectivity index (χ0) is 28.8. The number of hydrogen-bond donors (Lipinski definition) is 2. The van der Waals surface area contributed by atoms with Crippen molar-refractivity contribution in [2.24, 2.45) is 5.92 Å². The molecular weight excluding hydrogens is 502 g/mol. The maximum atomic E-state index is 14.1. The third kappa shape index (κ3) is 8.09. The van der Waals surface area contributed by atoms with E-state index < -0.39 is 35.6 Å². The molecule has 0 aliphatic heterocycles. The van der Waals surface area contributed by atoms with Crippen molar-refractivity contribution in [3.05, 3.63) is 70.8 Å². The van der Waals surface area contributed by atoms with Crippen molar-refractivity contribution in [3.63, 3.8) is 0 Å². The van der Waals surface area contributed by atoms with Crippen LogP contribution >= 0.6 is 11.6 Å². The number of halogens is 1. The molecule has 0 aliphatic carbocycles. The molecule has 7 nitrogen and oxygen atoms in total. The summed E-state index contributed by atoms with van der Waals surface area (Å²) in [6.45, 7) is 18.3. The molecule has 2 rings (SSSR count). The first-order valence-electron chi connectivity index (χ1n) is 12.8. The lowest BCUT2D eigenvalue weighted by atomic mass is 9.96. The summed E-state index contributed by atoms with van der Waals surface area (Å²) in [5, 5.41) is 6.06. The molecule has 0 bridgehead atoms. The van der Waals surface area contributed by atoms with Crippen molar-refractivity contribution < 1.29 is 19.1 Å². The van der Waals surface area contributed by atoms with Crippen LogP contribution in [-0.4, -0.2) is 40.5 Å². The van der Waals surface area contributed by atoms with Gasteiger partial charge < -0.3 is 20.3 Å². The second-order valence-corrected chi connectivity index (χ2v) is 11.3. The van der Waals surface area contributed by atoms with Gasteiger partial charge in [0, 0.05) is 6.04 Å². The minimum absolute atomic E-state index is 0.273. The van der Waals surface area contributed by atoms with Gasteiger partial charge in [0.1, 0.15) is 17.7 Å². The van der Waals surface area contributed by atoms with Gasteiger partial charge in [-0.3, -0.25) is 9.59 Å². The monoisotopic (exact) mass is 541 g/mol. The number of benzene rings is 2. The molecule has 0 aliphatic rings. The van der Waals surface area contributed by atoms with E-state index in [0.29, 0.717) is 16.3 Å². The molecule has 38 heavy (non-hydrogen) atoms. The quantitative estimate of drug-likeness (QED) is 0.367. The van der Waals surface area contributed by atoms with Crippen LogP contribution < -0.4 is 10.6 Å². The normalized spacial score (nSPS) is 13.0. The summed E-state index contributed by atoms with van der Waals surface area (Å²) in [6, 6.07) is 10.3. The van der Waals surface area contributed by atoms with Gasteiger partial charge >= 0.3 is 6.09 Å². The van der Waals surface area contributed by atoms with Gasteiger partial charge in [0.15, 0.2) is 0 Å². The molecular formula is C30H40ClN3O4. The highest BCUT2D eigenvalue weighted by Crippen LogP contribution is 2.31. The smallest absolute Gasteiger partial charge is 0.408 e. The Morgan fingerprint density at radius 1 is 1.05 bits per heavy atom. The van der Waals surface area contributed by atoms with Crippen LogP contribution in [0.15, 0.2) is 49.0 Å². The fraction of sp³-hybridized carbons (Fsp3) is 0.433. The van der Waals surface area contributed by atoms with Gasteiger partial charge in [-0.05, 0) is 76.3 Å². The lowest BCUT2D eigenvalue weighted by Gasteiger charge is -2.38. The predicted molar refractivity (Wildman–Crippen MR) is 154 cm³/mol. The van der Waals surface area contributed by atoms with E-state index in [-0.39, 0.29) is 12.0 Å². The van der Waals surface area contributed by atoms with Gasteiger partial charge in [-0.2, -0.15) is 0 Å². The highest BCUT2D eigenvalue weighted by atomic mass is 35.5. The second kappa shape index (κ2) is 13.0. The first-order valence-corrected chi connectivity index (χ1v) is 13.1. The molecule has 2 aromatic carbocycles. The Hall–Kier alpha value is -3.32. The van der Waals surface area contributed by atoms with Gasteiger partial charge in [0.05, 0.1) is 10.7 Å². The van der Waals surface area contributed by atoms with Crippen molar-refractivity contribution in [1.29, 1.82) is 0 Å². The molecule has 0 spiro atoms. The van der Waals surface area contributed by atoms with Gasteiger partial charge in [-0.15, -0.1) is 0 Å². The van der Waals surface area contributed by atoms with Crippen LogP contribution in [-0.2, 0) is 14.3 Å². The lowest BCUT2D eigenvalue weighted by Crippen LogP contribution is -2.56. The second-order valence-electron chi connectivity index (χ2n) is 10.9. The minimum Gasteiger partial charge on any atom is -0.444 e. The summed E-state index contributed by atoms with van der Waals surface area (Å²) >= 11 is 6.41. The summed E-state index contributed by atoms with van der Waals surface area (Å²) in [7, 11) is 0. The molecule has 0 saturated carbocycles. The average Bonchev–Trinajstić information content (AvgIpc) is 2.81. The Balaban J connectivity index is 2.59. The highest BCUT2D eigenvalue weighted by Gasteiger charge is 2.39.